The van der Waals surface area contributed by atoms with E-state index in [1.54, 1.807) is 4.90 Å². The van der Waals surface area contributed by atoms with Crippen molar-refractivity contribution in [2.24, 2.45) is 11.7 Å². The van der Waals surface area contributed by atoms with E-state index in [1.165, 1.54) is 0 Å². The Hall–Kier alpha value is 0.300. The zero-order chi connectivity index (χ0) is 10.3. The zero-order valence-corrected chi connectivity index (χ0v) is 10.6. The Labute approximate surface area is 106 Å². The summed E-state index contributed by atoms with van der Waals surface area (Å²) in [5.41, 5.74) is 5.79. The summed E-state index contributed by atoms with van der Waals surface area (Å²) in [6.45, 7) is 1.45. The van der Waals surface area contributed by atoms with Gasteiger partial charge < -0.3 is 10.6 Å². The normalized spacial score (nSPS) is 33.1. The molecule has 1 heterocycles. The molecule has 88 valence electrons. The fourth-order valence-electron chi connectivity index (χ4n) is 1.91. The summed E-state index contributed by atoms with van der Waals surface area (Å²) in [5, 5.41) is 0. The van der Waals surface area contributed by atoms with E-state index in [9.17, 15) is 4.79 Å². The molecule has 1 amide bonds. The molecule has 0 spiro atoms. The van der Waals surface area contributed by atoms with E-state index >= 15 is 0 Å². The Balaban J connectivity index is 0.00000112. The highest BCUT2D eigenvalue weighted by Crippen LogP contribution is 2.54. The monoisotopic (exact) mass is 272 g/mol. The molecule has 0 aromatic rings. The number of alkyl halides is 2. The highest BCUT2D eigenvalue weighted by atomic mass is 35.5. The van der Waals surface area contributed by atoms with Gasteiger partial charge in [-0.25, -0.2) is 0 Å². The van der Waals surface area contributed by atoms with Crippen LogP contribution in [0.5, 0.6) is 0 Å². The van der Waals surface area contributed by atoms with Gasteiger partial charge in [-0.05, 0) is 19.3 Å². The molecule has 1 saturated heterocycles. The van der Waals surface area contributed by atoms with Gasteiger partial charge in [-0.15, -0.1) is 35.6 Å². The number of carbonyl (C=O) groups is 1. The smallest absolute Gasteiger partial charge is 0.228 e. The van der Waals surface area contributed by atoms with Crippen LogP contribution in [0.2, 0.25) is 0 Å². The summed E-state index contributed by atoms with van der Waals surface area (Å²) in [4.78, 5) is 13.6. The lowest BCUT2D eigenvalue weighted by atomic mass is 10.1. The van der Waals surface area contributed by atoms with Gasteiger partial charge in [0.1, 0.15) is 4.33 Å². The minimum Gasteiger partial charge on any atom is -0.341 e. The van der Waals surface area contributed by atoms with Gasteiger partial charge in [0.2, 0.25) is 5.91 Å². The summed E-state index contributed by atoms with van der Waals surface area (Å²) in [7, 11) is 0. The van der Waals surface area contributed by atoms with Crippen LogP contribution in [-0.4, -0.2) is 34.3 Å². The second-order valence-electron chi connectivity index (χ2n) is 4.20. The van der Waals surface area contributed by atoms with Crippen LogP contribution in [0.1, 0.15) is 19.3 Å². The van der Waals surface area contributed by atoms with Crippen LogP contribution in [0.3, 0.4) is 0 Å². The van der Waals surface area contributed by atoms with Gasteiger partial charge in [-0.3, -0.25) is 4.79 Å². The predicted octanol–water partition coefficient (Wildman–Crippen LogP) is 1.55. The summed E-state index contributed by atoms with van der Waals surface area (Å²) >= 11 is 11.7. The Bertz CT molecular complexity index is 260. The minimum absolute atomic E-state index is 0. The van der Waals surface area contributed by atoms with Crippen molar-refractivity contribution in [1.29, 1.82) is 0 Å². The van der Waals surface area contributed by atoms with E-state index in [-0.39, 0.29) is 30.3 Å². The second kappa shape index (κ2) is 4.66. The molecule has 0 aromatic carbocycles. The molecule has 2 aliphatic rings. The highest BCUT2D eigenvalue weighted by molar-refractivity contribution is 6.52. The van der Waals surface area contributed by atoms with Crippen molar-refractivity contribution in [2.45, 2.75) is 29.6 Å². The van der Waals surface area contributed by atoms with Gasteiger partial charge in [0.05, 0.1) is 5.92 Å². The average Bonchev–Trinajstić information content (AvgIpc) is 2.74. The van der Waals surface area contributed by atoms with E-state index in [1.807, 2.05) is 0 Å². The van der Waals surface area contributed by atoms with E-state index in [0.717, 1.165) is 19.4 Å². The maximum absolute atomic E-state index is 11.8. The van der Waals surface area contributed by atoms with Gasteiger partial charge in [0.25, 0.3) is 0 Å². The fourth-order valence-corrected chi connectivity index (χ4v) is 2.41. The van der Waals surface area contributed by atoms with E-state index in [0.29, 0.717) is 13.0 Å². The molecule has 6 heteroatoms. The largest absolute Gasteiger partial charge is 0.341 e. The standard InChI is InChI=1S/C9H14Cl2N2O.ClH/c10-9(11)4-7(9)8(14)13-3-1-2-6(12)5-13;/h6-7H,1-5,12H2;1H. The quantitative estimate of drug-likeness (QED) is 0.737. The number of halogens is 3. The topological polar surface area (TPSA) is 46.3 Å². The SMILES string of the molecule is Cl.NC1CCCN(C(=O)C2CC2(Cl)Cl)C1. The molecular formula is C9H15Cl3N2O. The molecule has 2 rings (SSSR count). The molecule has 2 fully saturated rings. The van der Waals surface area contributed by atoms with Crippen LogP contribution in [0.15, 0.2) is 0 Å². The molecule has 3 nitrogen and oxygen atoms in total. The first-order valence-electron chi connectivity index (χ1n) is 4.93. The Morgan fingerprint density at radius 1 is 1.47 bits per heavy atom. The first-order valence-corrected chi connectivity index (χ1v) is 5.68. The van der Waals surface area contributed by atoms with Crippen LogP contribution in [0.4, 0.5) is 0 Å². The summed E-state index contributed by atoms with van der Waals surface area (Å²) < 4.78 is -0.807. The van der Waals surface area contributed by atoms with Crippen LogP contribution in [-0.2, 0) is 4.79 Å². The molecule has 1 aliphatic heterocycles. The van der Waals surface area contributed by atoms with E-state index < -0.39 is 4.33 Å². The molecular weight excluding hydrogens is 258 g/mol. The number of hydrogen-bond donors (Lipinski definition) is 1. The van der Waals surface area contributed by atoms with Crippen molar-refractivity contribution < 1.29 is 4.79 Å². The molecule has 15 heavy (non-hydrogen) atoms. The van der Waals surface area contributed by atoms with Gasteiger partial charge in [-0.1, -0.05) is 0 Å². The van der Waals surface area contributed by atoms with Crippen LogP contribution in [0.25, 0.3) is 0 Å². The molecule has 0 radical (unpaired) electrons. The first kappa shape index (κ1) is 13.4. The lowest BCUT2D eigenvalue weighted by molar-refractivity contribution is -0.133. The Morgan fingerprint density at radius 3 is 2.53 bits per heavy atom. The number of carbonyl (C=O) groups excluding carboxylic acids is 1. The second-order valence-corrected chi connectivity index (χ2v) is 5.75. The van der Waals surface area contributed by atoms with E-state index in [2.05, 4.69) is 0 Å². The molecule has 1 aliphatic carbocycles. The van der Waals surface area contributed by atoms with Crippen LogP contribution in [0, 0.1) is 5.92 Å². The fraction of sp³-hybridized carbons (Fsp3) is 0.889. The van der Waals surface area contributed by atoms with E-state index in [4.69, 9.17) is 28.9 Å². The highest BCUT2D eigenvalue weighted by Gasteiger charge is 2.57. The number of likely N-dealkylation sites (tertiary alicyclic amines) is 1. The maximum Gasteiger partial charge on any atom is 0.228 e. The first-order chi connectivity index (χ1) is 6.50. The van der Waals surface area contributed by atoms with Crippen molar-refractivity contribution in [3.8, 4) is 0 Å². The lowest BCUT2D eigenvalue weighted by Gasteiger charge is -2.31. The number of nitrogens with two attached hydrogens (primary N) is 1. The summed E-state index contributed by atoms with van der Waals surface area (Å²) in [6, 6.07) is 0.117. The number of amides is 1. The van der Waals surface area contributed by atoms with Gasteiger partial charge in [-0.2, -0.15) is 0 Å². The van der Waals surface area contributed by atoms with Gasteiger partial charge >= 0.3 is 0 Å². The van der Waals surface area contributed by atoms with Gasteiger partial charge in [0.15, 0.2) is 0 Å². The third-order valence-electron chi connectivity index (χ3n) is 2.89. The molecule has 1 saturated carbocycles. The van der Waals surface area contributed by atoms with Gasteiger partial charge in [0, 0.05) is 19.1 Å². The molecule has 2 atom stereocenters. The molecule has 0 aromatic heterocycles. The number of nitrogens with zero attached hydrogens (tertiary/aromatic N) is 1. The minimum atomic E-state index is -0.807. The molecule has 2 unspecified atom stereocenters. The maximum atomic E-state index is 11.8. The number of hydrogen-bond acceptors (Lipinski definition) is 2. The molecule has 2 N–H and O–H groups in total. The summed E-state index contributed by atoms with van der Waals surface area (Å²) in [5.74, 6) is -0.124. The predicted molar refractivity (Wildman–Crippen MR) is 63.6 cm³/mol. The Morgan fingerprint density at radius 2 is 2.07 bits per heavy atom. The van der Waals surface area contributed by atoms with Crippen molar-refractivity contribution in [1.82, 2.24) is 4.90 Å². The number of piperidine rings is 1. The zero-order valence-electron chi connectivity index (χ0n) is 8.29. The molecule has 0 bridgehead atoms. The average molecular weight is 274 g/mol. The number of rotatable bonds is 1. The van der Waals surface area contributed by atoms with Crippen molar-refractivity contribution in [3.05, 3.63) is 0 Å². The Kier molecular flexibility index (Phi) is 4.15. The van der Waals surface area contributed by atoms with Crippen molar-refractivity contribution in [2.75, 3.05) is 13.1 Å². The third kappa shape index (κ3) is 2.90. The van der Waals surface area contributed by atoms with Crippen LogP contribution >= 0.6 is 35.6 Å². The summed E-state index contributed by atoms with van der Waals surface area (Å²) in [6.07, 6.45) is 2.57. The van der Waals surface area contributed by atoms with Crippen molar-refractivity contribution >= 4 is 41.5 Å². The lowest BCUT2D eigenvalue weighted by Crippen LogP contribution is -2.46. The van der Waals surface area contributed by atoms with Crippen molar-refractivity contribution in [3.63, 3.8) is 0 Å². The third-order valence-corrected chi connectivity index (χ3v) is 3.73. The van der Waals surface area contributed by atoms with Crippen LogP contribution < -0.4 is 5.73 Å².